The molecule has 1 aromatic carbocycles. The summed E-state index contributed by atoms with van der Waals surface area (Å²) < 4.78 is 0.632. The van der Waals surface area contributed by atoms with Gasteiger partial charge in [0.2, 0.25) is 0 Å². The summed E-state index contributed by atoms with van der Waals surface area (Å²) in [7, 11) is 0. The molecule has 0 radical (unpaired) electrons. The molecule has 1 rings (SSSR count). The molecule has 0 fully saturated rings. The Kier molecular flexibility index (Phi) is 3.78. The average Bonchev–Trinajstić information content (AvgIpc) is 2.12. The molecule has 0 saturated heterocycles. The fourth-order valence-corrected chi connectivity index (χ4v) is 1.86. The van der Waals surface area contributed by atoms with Crippen LogP contribution in [0.15, 0.2) is 16.6 Å². The fourth-order valence-electron chi connectivity index (χ4n) is 1.12. The number of phenolic OH excluding ortho intramolecular Hbond substituents is 1. The molecule has 1 aromatic rings. The van der Waals surface area contributed by atoms with Crippen molar-refractivity contribution in [2.75, 3.05) is 0 Å². The highest BCUT2D eigenvalue weighted by Gasteiger charge is 2.20. The first kappa shape index (κ1) is 11.8. The summed E-state index contributed by atoms with van der Waals surface area (Å²) in [6.45, 7) is 1.55. The zero-order chi connectivity index (χ0) is 10.9. The van der Waals surface area contributed by atoms with Crippen molar-refractivity contribution < 1.29 is 10.2 Å². The van der Waals surface area contributed by atoms with Gasteiger partial charge >= 0.3 is 0 Å². The van der Waals surface area contributed by atoms with Gasteiger partial charge in [-0.05, 0) is 19.1 Å². The molecule has 3 nitrogen and oxygen atoms in total. The number of rotatable bonds is 2. The van der Waals surface area contributed by atoms with Gasteiger partial charge in [-0.3, -0.25) is 0 Å². The monoisotopic (exact) mass is 279 g/mol. The summed E-state index contributed by atoms with van der Waals surface area (Å²) in [6.07, 6.45) is -0.754. The highest BCUT2D eigenvalue weighted by Crippen LogP contribution is 2.37. The second kappa shape index (κ2) is 4.49. The second-order valence-corrected chi connectivity index (χ2v) is 4.32. The molecule has 0 saturated carbocycles. The number of hydrogen-bond donors (Lipinski definition) is 3. The van der Waals surface area contributed by atoms with Gasteiger partial charge < -0.3 is 15.9 Å². The van der Waals surface area contributed by atoms with E-state index in [1.165, 1.54) is 0 Å². The lowest BCUT2D eigenvalue weighted by atomic mass is 10.0. The van der Waals surface area contributed by atoms with Crippen molar-refractivity contribution in [3.8, 4) is 5.75 Å². The third-order valence-electron chi connectivity index (χ3n) is 1.97. The Labute approximate surface area is 95.6 Å². The van der Waals surface area contributed by atoms with Crippen molar-refractivity contribution in [1.82, 2.24) is 0 Å². The van der Waals surface area contributed by atoms with E-state index >= 15 is 0 Å². The fraction of sp³-hybridized carbons (Fsp3) is 0.333. The first-order valence-electron chi connectivity index (χ1n) is 4.05. The summed E-state index contributed by atoms with van der Waals surface area (Å²) in [5.74, 6) is -0.0885. The molecule has 0 bridgehead atoms. The normalized spacial score (nSPS) is 15.2. The van der Waals surface area contributed by atoms with Crippen molar-refractivity contribution in [2.24, 2.45) is 5.73 Å². The maximum Gasteiger partial charge on any atom is 0.140 e. The minimum Gasteiger partial charge on any atom is -0.506 e. The van der Waals surface area contributed by atoms with E-state index in [1.807, 2.05) is 0 Å². The van der Waals surface area contributed by atoms with Crippen LogP contribution in [0.2, 0.25) is 5.02 Å². The second-order valence-electron chi connectivity index (χ2n) is 3.06. The third-order valence-corrected chi connectivity index (χ3v) is 2.96. The van der Waals surface area contributed by atoms with Gasteiger partial charge in [-0.2, -0.15) is 0 Å². The van der Waals surface area contributed by atoms with Crippen LogP contribution < -0.4 is 5.73 Å². The smallest absolute Gasteiger partial charge is 0.140 e. The predicted octanol–water partition coefficient (Wildman–Crippen LogP) is 2.19. The largest absolute Gasteiger partial charge is 0.506 e. The first-order valence-corrected chi connectivity index (χ1v) is 5.22. The molecular weight excluding hydrogens is 269 g/mol. The number of phenols is 1. The number of halogens is 2. The van der Waals surface area contributed by atoms with E-state index in [0.29, 0.717) is 10.0 Å². The number of hydrogen-bond acceptors (Lipinski definition) is 3. The molecule has 14 heavy (non-hydrogen) atoms. The summed E-state index contributed by atoms with van der Waals surface area (Å²) in [6, 6.07) is 2.57. The number of aromatic hydroxyl groups is 1. The van der Waals surface area contributed by atoms with E-state index in [4.69, 9.17) is 17.3 Å². The Balaban J connectivity index is 3.25. The van der Waals surface area contributed by atoms with Crippen LogP contribution in [0, 0.1) is 0 Å². The summed E-state index contributed by atoms with van der Waals surface area (Å²) >= 11 is 8.97. The Morgan fingerprint density at radius 2 is 2.07 bits per heavy atom. The number of aliphatic hydroxyl groups is 1. The number of aliphatic hydroxyl groups excluding tert-OH is 1. The standard InChI is InChI=1S/C9H11BrClNO2/c1-4(13)8(12)7-5(10)2-3-6(11)9(7)14/h2-4,8,13-14H,12H2,1H3/t4-,8-/m1/s1. The number of benzene rings is 1. The van der Waals surface area contributed by atoms with E-state index in [9.17, 15) is 10.2 Å². The van der Waals surface area contributed by atoms with Crippen molar-refractivity contribution >= 4 is 27.5 Å². The van der Waals surface area contributed by atoms with Crippen molar-refractivity contribution in [1.29, 1.82) is 0 Å². The van der Waals surface area contributed by atoms with Crippen LogP contribution in [-0.2, 0) is 0 Å². The first-order chi connectivity index (χ1) is 6.45. The van der Waals surface area contributed by atoms with Crippen LogP contribution >= 0.6 is 27.5 Å². The molecule has 78 valence electrons. The van der Waals surface area contributed by atoms with Gasteiger partial charge in [0.05, 0.1) is 17.2 Å². The third kappa shape index (κ3) is 2.20. The van der Waals surface area contributed by atoms with E-state index in [2.05, 4.69) is 15.9 Å². The molecular formula is C9H11BrClNO2. The van der Waals surface area contributed by atoms with Gasteiger partial charge in [0.1, 0.15) is 5.75 Å². The van der Waals surface area contributed by atoms with Gasteiger partial charge in [0.15, 0.2) is 0 Å². The molecule has 2 atom stereocenters. The molecule has 0 amide bonds. The van der Waals surface area contributed by atoms with Crippen molar-refractivity contribution in [3.63, 3.8) is 0 Å². The Bertz CT molecular complexity index is 344. The summed E-state index contributed by atoms with van der Waals surface area (Å²) in [5.41, 5.74) is 6.13. The highest BCUT2D eigenvalue weighted by molar-refractivity contribution is 9.10. The van der Waals surface area contributed by atoms with E-state index in [1.54, 1.807) is 19.1 Å². The van der Waals surface area contributed by atoms with Gasteiger partial charge in [-0.25, -0.2) is 0 Å². The zero-order valence-electron chi connectivity index (χ0n) is 7.54. The molecule has 4 N–H and O–H groups in total. The van der Waals surface area contributed by atoms with Crippen LogP contribution in [0.4, 0.5) is 0 Å². The summed E-state index contributed by atoms with van der Waals surface area (Å²) in [4.78, 5) is 0. The van der Waals surface area contributed by atoms with Crippen molar-refractivity contribution in [2.45, 2.75) is 19.1 Å². The zero-order valence-corrected chi connectivity index (χ0v) is 9.88. The van der Waals surface area contributed by atoms with Crippen LogP contribution in [-0.4, -0.2) is 16.3 Å². The molecule has 0 aliphatic carbocycles. The minimum absolute atomic E-state index is 0.0885. The van der Waals surface area contributed by atoms with E-state index < -0.39 is 12.1 Å². The van der Waals surface area contributed by atoms with Gasteiger partial charge in [0, 0.05) is 10.0 Å². The Morgan fingerprint density at radius 1 is 1.50 bits per heavy atom. The molecule has 0 aliphatic rings. The molecule has 0 spiro atoms. The molecule has 0 heterocycles. The Morgan fingerprint density at radius 3 is 2.57 bits per heavy atom. The van der Waals surface area contributed by atoms with E-state index in [-0.39, 0.29) is 10.8 Å². The molecule has 0 unspecified atom stereocenters. The van der Waals surface area contributed by atoms with Crippen LogP contribution in [0.3, 0.4) is 0 Å². The topological polar surface area (TPSA) is 66.5 Å². The van der Waals surface area contributed by atoms with Gasteiger partial charge in [-0.1, -0.05) is 27.5 Å². The van der Waals surface area contributed by atoms with Crippen LogP contribution in [0.5, 0.6) is 5.75 Å². The molecule has 0 aliphatic heterocycles. The molecule has 0 aromatic heterocycles. The summed E-state index contributed by atoms with van der Waals surface area (Å²) in [5, 5.41) is 19.2. The lowest BCUT2D eigenvalue weighted by Gasteiger charge is -2.18. The lowest BCUT2D eigenvalue weighted by molar-refractivity contribution is 0.162. The maximum absolute atomic E-state index is 9.64. The number of nitrogens with two attached hydrogens (primary N) is 1. The quantitative estimate of drug-likeness (QED) is 0.778. The minimum atomic E-state index is -0.754. The Hall–Kier alpha value is -0.290. The average molecular weight is 281 g/mol. The van der Waals surface area contributed by atoms with Crippen molar-refractivity contribution in [3.05, 3.63) is 27.2 Å². The van der Waals surface area contributed by atoms with Gasteiger partial charge in [-0.15, -0.1) is 0 Å². The van der Waals surface area contributed by atoms with Crippen LogP contribution in [0.25, 0.3) is 0 Å². The SMILES string of the molecule is C[C@@H](O)[C@@H](N)c1c(Br)ccc(Cl)c1O. The van der Waals surface area contributed by atoms with Gasteiger partial charge in [0.25, 0.3) is 0 Å². The lowest BCUT2D eigenvalue weighted by Crippen LogP contribution is -2.23. The van der Waals surface area contributed by atoms with E-state index in [0.717, 1.165) is 0 Å². The highest BCUT2D eigenvalue weighted by atomic mass is 79.9. The predicted molar refractivity (Wildman–Crippen MR) is 59.4 cm³/mol. The molecule has 5 heteroatoms. The maximum atomic E-state index is 9.64. The van der Waals surface area contributed by atoms with Crippen LogP contribution in [0.1, 0.15) is 18.5 Å².